The quantitative estimate of drug-likeness (QED) is 0.648. The topological polar surface area (TPSA) is 80.9 Å². The summed E-state index contributed by atoms with van der Waals surface area (Å²) in [6, 6.07) is 9.36. The minimum absolute atomic E-state index is 0.148. The van der Waals surface area contributed by atoms with Crippen molar-refractivity contribution in [2.24, 2.45) is 0 Å². The maximum Gasteiger partial charge on any atom is 0.277 e. The molecule has 0 radical (unpaired) electrons. The third kappa shape index (κ3) is 4.21. The Kier molecular flexibility index (Phi) is 5.27. The van der Waals surface area contributed by atoms with Crippen LogP contribution in [0.3, 0.4) is 0 Å². The van der Waals surface area contributed by atoms with E-state index < -0.39 is 0 Å². The highest BCUT2D eigenvalue weighted by Crippen LogP contribution is 2.25. The average Bonchev–Trinajstić information content (AvgIpc) is 3.05. The highest BCUT2D eigenvalue weighted by Gasteiger charge is 2.12. The van der Waals surface area contributed by atoms with E-state index in [0.29, 0.717) is 11.1 Å². The van der Waals surface area contributed by atoms with E-state index in [1.807, 2.05) is 31.2 Å². The molecule has 3 aromatic rings. The van der Waals surface area contributed by atoms with Gasteiger partial charge in [0.15, 0.2) is 0 Å². The molecule has 122 valence electrons. The Bertz CT molecular complexity index is 854. The van der Waals surface area contributed by atoms with Crippen LogP contribution in [0.25, 0.3) is 11.5 Å². The molecule has 0 aliphatic heterocycles. The summed E-state index contributed by atoms with van der Waals surface area (Å²) >= 11 is 4.62. The highest BCUT2D eigenvalue weighted by molar-refractivity contribution is 9.10. The van der Waals surface area contributed by atoms with Gasteiger partial charge in [0, 0.05) is 16.9 Å². The lowest BCUT2D eigenvalue weighted by Gasteiger charge is -2.07. The number of nitrogens with one attached hydrogen (secondary N) is 1. The molecular formula is C16H13BrN4O2S. The molecule has 0 saturated heterocycles. The number of carbonyl (C=O) groups is 1. The van der Waals surface area contributed by atoms with E-state index >= 15 is 0 Å². The monoisotopic (exact) mass is 404 g/mol. The number of hydrogen-bond donors (Lipinski definition) is 1. The van der Waals surface area contributed by atoms with Crippen LogP contribution in [0.15, 0.2) is 56.8 Å². The molecule has 1 aromatic carbocycles. The van der Waals surface area contributed by atoms with Gasteiger partial charge in [0.25, 0.3) is 5.22 Å². The zero-order chi connectivity index (χ0) is 16.9. The number of aromatic nitrogens is 3. The van der Waals surface area contributed by atoms with Crippen LogP contribution < -0.4 is 5.32 Å². The zero-order valence-corrected chi connectivity index (χ0v) is 15.1. The van der Waals surface area contributed by atoms with Gasteiger partial charge in [0.1, 0.15) is 0 Å². The Balaban J connectivity index is 1.58. The summed E-state index contributed by atoms with van der Waals surface area (Å²) in [5.74, 6) is 0.410. The Labute approximate surface area is 151 Å². The van der Waals surface area contributed by atoms with Crippen molar-refractivity contribution in [1.29, 1.82) is 0 Å². The number of nitrogens with zero attached hydrogens (tertiary/aromatic N) is 3. The molecular weight excluding hydrogens is 392 g/mol. The van der Waals surface area contributed by atoms with Gasteiger partial charge in [-0.25, -0.2) is 0 Å². The van der Waals surface area contributed by atoms with Crippen molar-refractivity contribution in [2.45, 2.75) is 12.1 Å². The lowest BCUT2D eigenvalue weighted by Crippen LogP contribution is -2.14. The molecule has 1 N–H and O–H groups in total. The number of anilines is 1. The number of carbonyl (C=O) groups excluding carboxylic acids is 1. The molecule has 1 amide bonds. The SMILES string of the molecule is Cc1ccc(NC(=O)CSc2nnc(-c3cccnc3)o2)c(Br)c1. The van der Waals surface area contributed by atoms with Crippen LogP contribution in [-0.4, -0.2) is 26.8 Å². The number of pyridine rings is 1. The first kappa shape index (κ1) is 16.7. The third-order valence-electron chi connectivity index (χ3n) is 3.04. The summed E-state index contributed by atoms with van der Waals surface area (Å²) in [6.45, 7) is 1.99. The summed E-state index contributed by atoms with van der Waals surface area (Å²) in [7, 11) is 0. The van der Waals surface area contributed by atoms with E-state index in [9.17, 15) is 4.79 Å². The van der Waals surface area contributed by atoms with Gasteiger partial charge in [-0.05, 0) is 52.7 Å². The molecule has 0 bridgehead atoms. The second-order valence-corrected chi connectivity index (χ2v) is 6.72. The largest absolute Gasteiger partial charge is 0.411 e. The lowest BCUT2D eigenvalue weighted by atomic mass is 10.2. The summed E-state index contributed by atoms with van der Waals surface area (Å²) in [5.41, 5.74) is 2.58. The molecule has 0 fully saturated rings. The minimum Gasteiger partial charge on any atom is -0.411 e. The fourth-order valence-corrected chi connectivity index (χ4v) is 3.06. The first-order valence-electron chi connectivity index (χ1n) is 7.04. The molecule has 2 aromatic heterocycles. The Morgan fingerprint density at radius 2 is 2.21 bits per heavy atom. The fourth-order valence-electron chi connectivity index (χ4n) is 1.91. The summed E-state index contributed by atoms with van der Waals surface area (Å²) in [5, 5.41) is 11.1. The number of thioether (sulfide) groups is 1. The smallest absolute Gasteiger partial charge is 0.277 e. The Morgan fingerprint density at radius 3 is 2.96 bits per heavy atom. The van der Waals surface area contributed by atoms with Gasteiger partial charge in [-0.1, -0.05) is 17.8 Å². The van der Waals surface area contributed by atoms with E-state index in [-0.39, 0.29) is 11.7 Å². The van der Waals surface area contributed by atoms with Gasteiger partial charge in [-0.3, -0.25) is 9.78 Å². The predicted molar refractivity (Wildman–Crippen MR) is 95.8 cm³/mol. The van der Waals surface area contributed by atoms with Gasteiger partial charge in [-0.2, -0.15) is 0 Å². The number of rotatable bonds is 5. The second-order valence-electron chi connectivity index (χ2n) is 4.93. The molecule has 0 spiro atoms. The summed E-state index contributed by atoms with van der Waals surface area (Å²) in [6.07, 6.45) is 3.31. The number of aryl methyl sites for hydroxylation is 1. The molecule has 0 saturated carbocycles. The van der Waals surface area contributed by atoms with Gasteiger partial charge >= 0.3 is 0 Å². The number of benzene rings is 1. The molecule has 0 aliphatic rings. The van der Waals surface area contributed by atoms with Gasteiger partial charge in [-0.15, -0.1) is 10.2 Å². The number of hydrogen-bond acceptors (Lipinski definition) is 6. The van der Waals surface area contributed by atoms with Crippen LogP contribution in [0.4, 0.5) is 5.69 Å². The van der Waals surface area contributed by atoms with E-state index in [1.165, 1.54) is 11.8 Å². The number of halogens is 1. The van der Waals surface area contributed by atoms with Crippen LogP contribution in [0, 0.1) is 6.92 Å². The molecule has 0 atom stereocenters. The summed E-state index contributed by atoms with van der Waals surface area (Å²) < 4.78 is 6.37. The van der Waals surface area contributed by atoms with Crippen LogP contribution >= 0.6 is 27.7 Å². The average molecular weight is 405 g/mol. The van der Waals surface area contributed by atoms with Crippen molar-refractivity contribution in [3.05, 3.63) is 52.8 Å². The van der Waals surface area contributed by atoms with Crippen LogP contribution in [0.5, 0.6) is 0 Å². The van der Waals surface area contributed by atoms with E-state index in [4.69, 9.17) is 4.42 Å². The molecule has 0 unspecified atom stereocenters. The normalized spacial score (nSPS) is 10.6. The van der Waals surface area contributed by atoms with Crippen LogP contribution in [0.2, 0.25) is 0 Å². The minimum atomic E-state index is -0.148. The second kappa shape index (κ2) is 7.59. The van der Waals surface area contributed by atoms with Crippen molar-refractivity contribution in [3.8, 4) is 11.5 Å². The van der Waals surface area contributed by atoms with Gasteiger partial charge in [0.05, 0.1) is 17.0 Å². The molecule has 0 aliphatic carbocycles. The first-order chi connectivity index (χ1) is 11.6. The maximum absolute atomic E-state index is 12.0. The van der Waals surface area contributed by atoms with Crippen molar-refractivity contribution >= 4 is 39.3 Å². The van der Waals surface area contributed by atoms with E-state index in [1.54, 1.807) is 18.5 Å². The van der Waals surface area contributed by atoms with E-state index in [0.717, 1.165) is 21.3 Å². The standard InChI is InChI=1S/C16H13BrN4O2S/c1-10-4-5-13(12(17)7-10)19-14(22)9-24-16-21-20-15(23-16)11-3-2-6-18-8-11/h2-8H,9H2,1H3,(H,19,22). The van der Waals surface area contributed by atoms with Gasteiger partial charge in [0.2, 0.25) is 11.8 Å². The summed E-state index contributed by atoms with van der Waals surface area (Å²) in [4.78, 5) is 16.0. The van der Waals surface area contributed by atoms with Crippen molar-refractivity contribution in [1.82, 2.24) is 15.2 Å². The number of amides is 1. The van der Waals surface area contributed by atoms with E-state index in [2.05, 4.69) is 36.4 Å². The maximum atomic E-state index is 12.0. The lowest BCUT2D eigenvalue weighted by molar-refractivity contribution is -0.113. The van der Waals surface area contributed by atoms with Crippen molar-refractivity contribution in [3.63, 3.8) is 0 Å². The van der Waals surface area contributed by atoms with Gasteiger partial charge < -0.3 is 9.73 Å². The zero-order valence-electron chi connectivity index (χ0n) is 12.7. The van der Waals surface area contributed by atoms with Crippen LogP contribution in [0.1, 0.15) is 5.56 Å². The molecule has 3 rings (SSSR count). The molecule has 6 nitrogen and oxygen atoms in total. The Morgan fingerprint density at radius 1 is 1.33 bits per heavy atom. The fraction of sp³-hybridized carbons (Fsp3) is 0.125. The predicted octanol–water partition coefficient (Wildman–Crippen LogP) is 3.93. The highest BCUT2D eigenvalue weighted by atomic mass is 79.9. The molecule has 24 heavy (non-hydrogen) atoms. The van der Waals surface area contributed by atoms with Crippen LogP contribution in [-0.2, 0) is 4.79 Å². The molecule has 8 heteroatoms. The molecule has 2 heterocycles. The first-order valence-corrected chi connectivity index (χ1v) is 8.82. The van der Waals surface area contributed by atoms with Crippen molar-refractivity contribution < 1.29 is 9.21 Å². The Hall–Kier alpha value is -2.19. The van der Waals surface area contributed by atoms with Crippen molar-refractivity contribution in [2.75, 3.05) is 11.1 Å². The third-order valence-corrected chi connectivity index (χ3v) is 4.51.